The number of nitrogens with zero attached hydrogens (tertiary/aromatic N) is 1. The van der Waals surface area contributed by atoms with Crippen LogP contribution in [0.4, 0.5) is 0 Å². The molecule has 0 aromatic carbocycles. The summed E-state index contributed by atoms with van der Waals surface area (Å²) in [5.41, 5.74) is 0. The van der Waals surface area contributed by atoms with Crippen LogP contribution in [0.1, 0.15) is 19.8 Å². The van der Waals surface area contributed by atoms with E-state index in [1.54, 1.807) is 19.3 Å². The van der Waals surface area contributed by atoms with Crippen LogP contribution in [0.2, 0.25) is 0 Å². The fraction of sp³-hybridized carbons (Fsp3) is 0.727. The van der Waals surface area contributed by atoms with Gasteiger partial charge in [-0.15, -0.1) is 0 Å². The quantitative estimate of drug-likeness (QED) is 0.641. The molecular weight excluding hydrogens is 178 g/mol. The van der Waals surface area contributed by atoms with Crippen LogP contribution in [0.25, 0.3) is 0 Å². The molecule has 1 fully saturated rings. The van der Waals surface area contributed by atoms with Crippen LogP contribution in [-0.2, 0) is 9.53 Å². The van der Waals surface area contributed by atoms with Crippen molar-refractivity contribution in [2.45, 2.75) is 19.8 Å². The third-order valence-electron chi connectivity index (χ3n) is 2.49. The Morgan fingerprint density at radius 1 is 1.64 bits per heavy atom. The number of piperidine rings is 1. The van der Waals surface area contributed by atoms with Crippen molar-refractivity contribution in [1.82, 2.24) is 4.90 Å². The molecule has 3 nitrogen and oxygen atoms in total. The van der Waals surface area contributed by atoms with Gasteiger partial charge in [0.15, 0.2) is 0 Å². The Balaban J connectivity index is 2.35. The molecule has 0 saturated carbocycles. The van der Waals surface area contributed by atoms with E-state index in [0.717, 1.165) is 19.5 Å². The lowest BCUT2D eigenvalue weighted by atomic mass is 10.0. The average molecular weight is 197 g/mol. The minimum atomic E-state index is 0.119. The van der Waals surface area contributed by atoms with Crippen LogP contribution in [0, 0.1) is 5.92 Å². The normalized spacial score (nSPS) is 23.0. The number of hydrogen-bond acceptors (Lipinski definition) is 2. The fourth-order valence-electron chi connectivity index (χ4n) is 1.74. The molecule has 0 radical (unpaired) electrons. The van der Waals surface area contributed by atoms with Gasteiger partial charge >= 0.3 is 0 Å². The molecule has 1 atom stereocenters. The number of likely N-dealkylation sites (tertiary alicyclic amines) is 1. The van der Waals surface area contributed by atoms with Crippen LogP contribution in [0.3, 0.4) is 0 Å². The molecule has 0 aromatic heterocycles. The van der Waals surface area contributed by atoms with Gasteiger partial charge in [-0.05, 0) is 18.8 Å². The molecule has 0 aliphatic carbocycles. The predicted molar refractivity (Wildman–Crippen MR) is 56.0 cm³/mol. The van der Waals surface area contributed by atoms with Gasteiger partial charge in [-0.1, -0.05) is 13.0 Å². The molecule has 0 spiro atoms. The molecule has 1 aliphatic heterocycles. The maximum Gasteiger partial charge on any atom is 0.246 e. The van der Waals surface area contributed by atoms with Gasteiger partial charge in [-0.2, -0.15) is 0 Å². The Kier molecular flexibility index (Phi) is 4.66. The van der Waals surface area contributed by atoms with E-state index in [-0.39, 0.29) is 5.91 Å². The SMILES string of the molecule is COC/C=C/C(=O)N1CCC[C@@H](C)C1. The molecule has 0 N–H and O–H groups in total. The maximum atomic E-state index is 11.6. The highest BCUT2D eigenvalue weighted by molar-refractivity contribution is 5.87. The Labute approximate surface area is 85.7 Å². The monoisotopic (exact) mass is 197 g/mol. The molecule has 14 heavy (non-hydrogen) atoms. The summed E-state index contributed by atoms with van der Waals surface area (Å²) in [6, 6.07) is 0. The van der Waals surface area contributed by atoms with Crippen LogP contribution in [0.5, 0.6) is 0 Å². The Morgan fingerprint density at radius 2 is 2.43 bits per heavy atom. The molecule has 1 saturated heterocycles. The van der Waals surface area contributed by atoms with Gasteiger partial charge in [-0.25, -0.2) is 0 Å². The van der Waals surface area contributed by atoms with Crippen molar-refractivity contribution >= 4 is 5.91 Å². The zero-order valence-corrected chi connectivity index (χ0v) is 9.03. The summed E-state index contributed by atoms with van der Waals surface area (Å²) < 4.78 is 4.84. The summed E-state index contributed by atoms with van der Waals surface area (Å²) in [6.07, 6.45) is 5.75. The molecule has 0 unspecified atom stereocenters. The number of carbonyl (C=O) groups excluding carboxylic acids is 1. The molecule has 1 heterocycles. The lowest BCUT2D eigenvalue weighted by Gasteiger charge is -2.30. The first-order valence-electron chi connectivity index (χ1n) is 5.18. The molecule has 80 valence electrons. The first-order chi connectivity index (χ1) is 6.74. The highest BCUT2D eigenvalue weighted by Gasteiger charge is 2.18. The second kappa shape index (κ2) is 5.81. The summed E-state index contributed by atoms with van der Waals surface area (Å²) in [5.74, 6) is 0.761. The highest BCUT2D eigenvalue weighted by Crippen LogP contribution is 2.15. The molecule has 0 bridgehead atoms. The Bertz CT molecular complexity index is 213. The molecule has 3 heteroatoms. The summed E-state index contributed by atoms with van der Waals surface area (Å²) in [4.78, 5) is 13.5. The van der Waals surface area contributed by atoms with Gasteiger partial charge in [0.25, 0.3) is 0 Å². The zero-order valence-electron chi connectivity index (χ0n) is 9.03. The molecule has 1 rings (SSSR count). The van der Waals surface area contributed by atoms with Crippen molar-refractivity contribution in [2.24, 2.45) is 5.92 Å². The lowest BCUT2D eigenvalue weighted by Crippen LogP contribution is -2.38. The molecule has 0 aromatic rings. The number of methoxy groups -OCH3 is 1. The first kappa shape index (κ1) is 11.2. The number of hydrogen-bond donors (Lipinski definition) is 0. The van der Waals surface area contributed by atoms with Crippen molar-refractivity contribution in [1.29, 1.82) is 0 Å². The average Bonchev–Trinajstić information content (AvgIpc) is 2.18. The van der Waals surface area contributed by atoms with Gasteiger partial charge in [-0.3, -0.25) is 4.79 Å². The maximum absolute atomic E-state index is 11.6. The van der Waals surface area contributed by atoms with Crippen molar-refractivity contribution in [2.75, 3.05) is 26.8 Å². The van der Waals surface area contributed by atoms with E-state index in [0.29, 0.717) is 12.5 Å². The topological polar surface area (TPSA) is 29.5 Å². The third kappa shape index (κ3) is 3.50. The number of ether oxygens (including phenoxy) is 1. The van der Waals surface area contributed by atoms with Gasteiger partial charge in [0.1, 0.15) is 0 Å². The van der Waals surface area contributed by atoms with Crippen LogP contribution in [-0.4, -0.2) is 37.6 Å². The number of rotatable bonds is 3. The van der Waals surface area contributed by atoms with Gasteiger partial charge in [0.2, 0.25) is 5.91 Å². The van der Waals surface area contributed by atoms with E-state index in [9.17, 15) is 4.79 Å². The Hall–Kier alpha value is -0.830. The van der Waals surface area contributed by atoms with E-state index in [1.807, 2.05) is 4.90 Å². The summed E-state index contributed by atoms with van der Waals surface area (Å²) in [6.45, 7) is 4.50. The van der Waals surface area contributed by atoms with Crippen molar-refractivity contribution in [3.05, 3.63) is 12.2 Å². The van der Waals surface area contributed by atoms with Crippen molar-refractivity contribution < 1.29 is 9.53 Å². The minimum Gasteiger partial charge on any atom is -0.381 e. The van der Waals surface area contributed by atoms with Crippen LogP contribution < -0.4 is 0 Å². The van der Waals surface area contributed by atoms with Crippen LogP contribution in [0.15, 0.2) is 12.2 Å². The van der Waals surface area contributed by atoms with E-state index < -0.39 is 0 Å². The molecule has 1 amide bonds. The fourth-order valence-corrected chi connectivity index (χ4v) is 1.74. The second-order valence-electron chi connectivity index (χ2n) is 3.89. The predicted octanol–water partition coefficient (Wildman–Crippen LogP) is 1.45. The van der Waals surface area contributed by atoms with Gasteiger partial charge in [0.05, 0.1) is 6.61 Å². The zero-order chi connectivity index (χ0) is 10.4. The third-order valence-corrected chi connectivity index (χ3v) is 2.49. The number of amides is 1. The molecular formula is C11H19NO2. The largest absolute Gasteiger partial charge is 0.381 e. The summed E-state index contributed by atoms with van der Waals surface area (Å²) >= 11 is 0. The van der Waals surface area contributed by atoms with E-state index in [1.165, 1.54) is 6.42 Å². The van der Waals surface area contributed by atoms with Gasteiger partial charge in [0, 0.05) is 26.3 Å². The van der Waals surface area contributed by atoms with Crippen LogP contribution >= 0.6 is 0 Å². The lowest BCUT2D eigenvalue weighted by molar-refractivity contribution is -0.127. The highest BCUT2D eigenvalue weighted by atomic mass is 16.5. The summed E-state index contributed by atoms with van der Waals surface area (Å²) in [5, 5.41) is 0. The smallest absolute Gasteiger partial charge is 0.246 e. The van der Waals surface area contributed by atoms with E-state index >= 15 is 0 Å². The first-order valence-corrected chi connectivity index (χ1v) is 5.18. The van der Waals surface area contributed by atoms with Crippen molar-refractivity contribution in [3.8, 4) is 0 Å². The minimum absolute atomic E-state index is 0.119. The van der Waals surface area contributed by atoms with E-state index in [2.05, 4.69) is 6.92 Å². The Morgan fingerprint density at radius 3 is 3.07 bits per heavy atom. The second-order valence-corrected chi connectivity index (χ2v) is 3.89. The molecule has 1 aliphatic rings. The van der Waals surface area contributed by atoms with Gasteiger partial charge < -0.3 is 9.64 Å². The number of carbonyl (C=O) groups is 1. The summed E-state index contributed by atoms with van der Waals surface area (Å²) in [7, 11) is 1.62. The standard InChI is InChI=1S/C11H19NO2/c1-10-5-3-7-12(9-10)11(13)6-4-8-14-2/h4,6,10H,3,5,7-9H2,1-2H3/b6-4+/t10-/m1/s1. The van der Waals surface area contributed by atoms with E-state index in [4.69, 9.17) is 4.74 Å². The van der Waals surface area contributed by atoms with Crippen molar-refractivity contribution in [3.63, 3.8) is 0 Å².